The highest BCUT2D eigenvalue weighted by atomic mass is 32.2. The van der Waals surface area contributed by atoms with Gasteiger partial charge in [0, 0.05) is 42.4 Å². The highest BCUT2D eigenvalue weighted by molar-refractivity contribution is 7.92. The molecule has 0 radical (unpaired) electrons. The third kappa shape index (κ3) is 5.03. The Balaban J connectivity index is 1.40. The van der Waals surface area contributed by atoms with Crippen LogP contribution in [0.2, 0.25) is 0 Å². The largest absolute Gasteiger partial charge is 0.371 e. The molecule has 1 atom stereocenters. The van der Waals surface area contributed by atoms with Crippen molar-refractivity contribution < 1.29 is 13.2 Å². The molecule has 1 aliphatic rings. The van der Waals surface area contributed by atoms with Gasteiger partial charge < -0.3 is 10.2 Å². The van der Waals surface area contributed by atoms with Crippen molar-refractivity contribution >= 4 is 33.0 Å². The van der Waals surface area contributed by atoms with Crippen LogP contribution in [-0.4, -0.2) is 32.4 Å². The lowest BCUT2D eigenvalue weighted by molar-refractivity contribution is 0.102. The van der Waals surface area contributed by atoms with E-state index in [-0.39, 0.29) is 10.8 Å². The fourth-order valence-corrected chi connectivity index (χ4v) is 4.61. The standard InChI is InChI=1S/C23H24N4O3S/c1-17-12-15-27(16-17)21-6-4-19(5-7-21)25-23(28)18-2-8-22(9-3-18)31(29,30)26-20-10-13-24-14-11-20/h2-11,13-14,17H,12,15-16H2,1H3,(H,24,26)(H,25,28). The molecule has 1 aromatic heterocycles. The molecule has 8 heteroatoms. The Morgan fingerprint density at radius 2 is 1.65 bits per heavy atom. The molecule has 3 aromatic rings. The van der Waals surface area contributed by atoms with Crippen molar-refractivity contribution in [2.75, 3.05) is 28.0 Å². The van der Waals surface area contributed by atoms with Crippen molar-refractivity contribution in [1.82, 2.24) is 4.98 Å². The number of nitrogens with one attached hydrogen (secondary N) is 2. The summed E-state index contributed by atoms with van der Waals surface area (Å²) in [6.45, 7) is 4.36. The van der Waals surface area contributed by atoms with Gasteiger partial charge in [-0.1, -0.05) is 6.92 Å². The number of rotatable bonds is 6. The van der Waals surface area contributed by atoms with Crippen LogP contribution in [0.15, 0.2) is 78.0 Å². The second kappa shape index (κ2) is 8.77. The highest BCUT2D eigenvalue weighted by Gasteiger charge is 2.19. The normalized spacial score (nSPS) is 16.2. The number of pyridine rings is 1. The van der Waals surface area contributed by atoms with Crippen molar-refractivity contribution in [3.8, 4) is 0 Å². The van der Waals surface area contributed by atoms with Crippen molar-refractivity contribution in [2.45, 2.75) is 18.2 Å². The summed E-state index contributed by atoms with van der Waals surface area (Å²) in [4.78, 5) is 18.8. The molecule has 0 aliphatic carbocycles. The van der Waals surface area contributed by atoms with Gasteiger partial charge in [-0.2, -0.15) is 0 Å². The molecule has 1 aliphatic heterocycles. The number of aromatic nitrogens is 1. The number of amides is 1. The van der Waals surface area contributed by atoms with Gasteiger partial charge in [-0.05, 0) is 73.0 Å². The van der Waals surface area contributed by atoms with E-state index in [4.69, 9.17) is 0 Å². The first-order chi connectivity index (χ1) is 14.9. The number of hydrogen-bond donors (Lipinski definition) is 2. The predicted octanol–water partition coefficient (Wildman–Crippen LogP) is 3.98. The summed E-state index contributed by atoms with van der Waals surface area (Å²) in [5, 5.41) is 2.85. The summed E-state index contributed by atoms with van der Waals surface area (Å²) in [7, 11) is -3.75. The minimum Gasteiger partial charge on any atom is -0.371 e. The molecule has 1 unspecified atom stereocenters. The summed E-state index contributed by atoms with van der Waals surface area (Å²) < 4.78 is 27.5. The number of carbonyl (C=O) groups excluding carboxylic acids is 1. The highest BCUT2D eigenvalue weighted by Crippen LogP contribution is 2.25. The molecule has 160 valence electrons. The molecule has 2 N–H and O–H groups in total. The number of hydrogen-bond acceptors (Lipinski definition) is 5. The van der Waals surface area contributed by atoms with Gasteiger partial charge in [-0.3, -0.25) is 14.5 Å². The average molecular weight is 437 g/mol. The van der Waals surface area contributed by atoms with E-state index in [1.54, 1.807) is 12.1 Å². The van der Waals surface area contributed by atoms with Gasteiger partial charge in [0.25, 0.3) is 15.9 Å². The zero-order chi connectivity index (χ0) is 21.8. The van der Waals surface area contributed by atoms with Crippen molar-refractivity contribution in [3.05, 3.63) is 78.6 Å². The SMILES string of the molecule is CC1CCN(c2ccc(NC(=O)c3ccc(S(=O)(=O)Nc4ccncc4)cc3)cc2)C1. The van der Waals surface area contributed by atoms with Gasteiger partial charge in [0.2, 0.25) is 0 Å². The number of nitrogens with zero attached hydrogens (tertiary/aromatic N) is 2. The maximum atomic E-state index is 12.6. The van der Waals surface area contributed by atoms with E-state index in [1.807, 2.05) is 24.3 Å². The molecule has 1 saturated heterocycles. The molecule has 7 nitrogen and oxygen atoms in total. The Kier molecular flexibility index (Phi) is 5.90. The van der Waals surface area contributed by atoms with E-state index in [0.29, 0.717) is 22.9 Å². The van der Waals surface area contributed by atoms with Crippen LogP contribution in [0.4, 0.5) is 17.1 Å². The molecule has 31 heavy (non-hydrogen) atoms. The van der Waals surface area contributed by atoms with E-state index in [1.165, 1.54) is 43.1 Å². The van der Waals surface area contributed by atoms with Crippen LogP contribution in [0, 0.1) is 5.92 Å². The topological polar surface area (TPSA) is 91.4 Å². The van der Waals surface area contributed by atoms with E-state index in [2.05, 4.69) is 26.8 Å². The Labute approximate surface area is 182 Å². The van der Waals surface area contributed by atoms with Gasteiger partial charge in [-0.15, -0.1) is 0 Å². The van der Waals surface area contributed by atoms with Gasteiger partial charge in [0.05, 0.1) is 10.6 Å². The van der Waals surface area contributed by atoms with Crippen LogP contribution in [-0.2, 0) is 10.0 Å². The summed E-state index contributed by atoms with van der Waals surface area (Å²) in [5.41, 5.74) is 2.64. The second-order valence-corrected chi connectivity index (χ2v) is 9.39. The van der Waals surface area contributed by atoms with Gasteiger partial charge in [0.1, 0.15) is 0 Å². The molecule has 0 spiro atoms. The molecule has 0 bridgehead atoms. The van der Waals surface area contributed by atoms with Crippen LogP contribution in [0.1, 0.15) is 23.7 Å². The summed E-state index contributed by atoms with van der Waals surface area (Å²) in [6, 6.07) is 16.7. The fourth-order valence-electron chi connectivity index (χ4n) is 3.55. The zero-order valence-corrected chi connectivity index (χ0v) is 18.0. The Hall–Kier alpha value is -3.39. The Morgan fingerprint density at radius 3 is 2.26 bits per heavy atom. The maximum Gasteiger partial charge on any atom is 0.261 e. The lowest BCUT2D eigenvalue weighted by Crippen LogP contribution is -2.19. The molecule has 2 aromatic carbocycles. The second-order valence-electron chi connectivity index (χ2n) is 7.71. The first kappa shape index (κ1) is 20.9. The minimum absolute atomic E-state index is 0.0741. The summed E-state index contributed by atoms with van der Waals surface area (Å²) in [6.07, 6.45) is 4.20. The lowest BCUT2D eigenvalue weighted by Gasteiger charge is -2.18. The zero-order valence-electron chi connectivity index (χ0n) is 17.2. The average Bonchev–Trinajstić information content (AvgIpc) is 3.21. The number of sulfonamides is 1. The molecule has 0 saturated carbocycles. The van der Waals surface area contributed by atoms with E-state index >= 15 is 0 Å². The van der Waals surface area contributed by atoms with Crippen LogP contribution in [0.25, 0.3) is 0 Å². The molecule has 4 rings (SSSR count). The van der Waals surface area contributed by atoms with Gasteiger partial charge in [-0.25, -0.2) is 8.42 Å². The minimum atomic E-state index is -3.75. The number of carbonyl (C=O) groups is 1. The third-order valence-electron chi connectivity index (χ3n) is 5.27. The number of benzene rings is 2. The van der Waals surface area contributed by atoms with Crippen molar-refractivity contribution in [1.29, 1.82) is 0 Å². The van der Waals surface area contributed by atoms with E-state index < -0.39 is 10.0 Å². The quantitative estimate of drug-likeness (QED) is 0.610. The number of anilines is 3. The van der Waals surface area contributed by atoms with Crippen LogP contribution < -0.4 is 14.9 Å². The Morgan fingerprint density at radius 1 is 0.968 bits per heavy atom. The van der Waals surface area contributed by atoms with Crippen LogP contribution >= 0.6 is 0 Å². The maximum absolute atomic E-state index is 12.6. The van der Waals surface area contributed by atoms with Crippen molar-refractivity contribution in [2.24, 2.45) is 5.92 Å². The molecule has 2 heterocycles. The van der Waals surface area contributed by atoms with E-state index in [0.717, 1.165) is 18.8 Å². The van der Waals surface area contributed by atoms with Crippen molar-refractivity contribution in [3.63, 3.8) is 0 Å². The lowest BCUT2D eigenvalue weighted by atomic mass is 10.2. The van der Waals surface area contributed by atoms with Crippen LogP contribution in [0.3, 0.4) is 0 Å². The first-order valence-corrected chi connectivity index (χ1v) is 11.6. The van der Waals surface area contributed by atoms with Crippen LogP contribution in [0.5, 0.6) is 0 Å². The third-order valence-corrected chi connectivity index (χ3v) is 6.67. The molecular weight excluding hydrogens is 412 g/mol. The summed E-state index contributed by atoms with van der Waals surface area (Å²) >= 11 is 0. The predicted molar refractivity (Wildman–Crippen MR) is 122 cm³/mol. The van der Waals surface area contributed by atoms with E-state index in [9.17, 15) is 13.2 Å². The first-order valence-electron chi connectivity index (χ1n) is 10.1. The molecule has 1 fully saturated rings. The Bertz CT molecular complexity index is 1150. The molecule has 1 amide bonds. The monoisotopic (exact) mass is 436 g/mol. The fraction of sp³-hybridized carbons (Fsp3) is 0.217. The van der Waals surface area contributed by atoms with Gasteiger partial charge in [0.15, 0.2) is 0 Å². The van der Waals surface area contributed by atoms with Gasteiger partial charge >= 0.3 is 0 Å². The smallest absolute Gasteiger partial charge is 0.261 e. The summed E-state index contributed by atoms with van der Waals surface area (Å²) in [5.74, 6) is 0.402. The molecular formula is C23H24N4O3S.